The van der Waals surface area contributed by atoms with E-state index in [1.54, 1.807) is 24.3 Å². The number of nitrogens with one attached hydrogen (secondary N) is 1. The Bertz CT molecular complexity index is 506. The molecule has 1 saturated heterocycles. The summed E-state index contributed by atoms with van der Waals surface area (Å²) in [6, 6.07) is 5.79. The molecular weight excluding hydrogens is 328 g/mol. The zero-order chi connectivity index (χ0) is 14.7. The van der Waals surface area contributed by atoms with E-state index in [-0.39, 0.29) is 12.6 Å². The summed E-state index contributed by atoms with van der Waals surface area (Å²) in [6.45, 7) is 0.274. The van der Waals surface area contributed by atoms with Gasteiger partial charge in [-0.05, 0) is 24.3 Å². The summed E-state index contributed by atoms with van der Waals surface area (Å²) in [5, 5.41) is 11.9. The fourth-order valence-electron chi connectivity index (χ4n) is 2.16. The van der Waals surface area contributed by atoms with Crippen molar-refractivity contribution in [2.45, 2.75) is 18.6 Å². The topological polar surface area (TPSA) is 78.9 Å². The van der Waals surface area contributed by atoms with Crippen LogP contribution in [0.3, 0.4) is 0 Å². The van der Waals surface area contributed by atoms with E-state index in [2.05, 4.69) is 21.2 Å². The first-order chi connectivity index (χ1) is 9.51. The number of carbonyl (C=O) groups excluding carboxylic acids is 1. The van der Waals surface area contributed by atoms with Crippen LogP contribution in [-0.2, 0) is 9.53 Å². The Balaban J connectivity index is 2.07. The van der Waals surface area contributed by atoms with Crippen LogP contribution in [0, 0.1) is 0 Å². The Kier molecular flexibility index (Phi) is 4.61. The standard InChI is InChI=1S/C13H15BrN2O4/c1-20-10-6-11(12(17)18)16(7-10)13(19)15-9-4-2-8(14)3-5-9/h2-5,10-11H,6-7H2,1H3,(H,15,19)(H,17,18). The minimum absolute atomic E-state index is 0.244. The molecule has 0 radical (unpaired) electrons. The first-order valence-corrected chi connectivity index (χ1v) is 6.89. The van der Waals surface area contributed by atoms with Crippen molar-refractivity contribution in [1.82, 2.24) is 4.90 Å². The monoisotopic (exact) mass is 342 g/mol. The summed E-state index contributed by atoms with van der Waals surface area (Å²) in [5.74, 6) is -1.02. The van der Waals surface area contributed by atoms with Crippen LogP contribution in [0.4, 0.5) is 10.5 Å². The third kappa shape index (κ3) is 3.29. The molecule has 1 aliphatic heterocycles. The van der Waals surface area contributed by atoms with E-state index in [9.17, 15) is 9.59 Å². The van der Waals surface area contributed by atoms with Crippen LogP contribution in [0.2, 0.25) is 0 Å². The molecule has 0 bridgehead atoms. The van der Waals surface area contributed by atoms with Gasteiger partial charge in [-0.15, -0.1) is 0 Å². The molecule has 0 aromatic heterocycles. The number of carboxylic acid groups (broad SMARTS) is 1. The summed E-state index contributed by atoms with van der Waals surface area (Å²) >= 11 is 3.31. The maximum atomic E-state index is 12.2. The van der Waals surface area contributed by atoms with Gasteiger partial charge in [0.1, 0.15) is 6.04 Å². The molecule has 2 unspecified atom stereocenters. The molecular formula is C13H15BrN2O4. The largest absolute Gasteiger partial charge is 0.480 e. The third-order valence-corrected chi connectivity index (χ3v) is 3.77. The lowest BCUT2D eigenvalue weighted by atomic mass is 10.2. The minimum Gasteiger partial charge on any atom is -0.480 e. The third-order valence-electron chi connectivity index (χ3n) is 3.24. The number of aliphatic carboxylic acids is 1. The number of carbonyl (C=O) groups is 2. The van der Waals surface area contributed by atoms with Crippen LogP contribution in [0.15, 0.2) is 28.7 Å². The number of amides is 2. The van der Waals surface area contributed by atoms with Crippen molar-refractivity contribution in [1.29, 1.82) is 0 Å². The summed E-state index contributed by atoms with van der Waals surface area (Å²) in [7, 11) is 1.51. The number of carboxylic acids is 1. The number of likely N-dealkylation sites (tertiary alicyclic amines) is 1. The first-order valence-electron chi connectivity index (χ1n) is 6.10. The first kappa shape index (κ1) is 14.8. The van der Waals surface area contributed by atoms with E-state index in [0.717, 1.165) is 4.47 Å². The summed E-state index contributed by atoms with van der Waals surface area (Å²) in [6.07, 6.45) is 0.0614. The number of urea groups is 1. The highest BCUT2D eigenvalue weighted by molar-refractivity contribution is 9.10. The summed E-state index contributed by atoms with van der Waals surface area (Å²) < 4.78 is 6.05. The number of ether oxygens (including phenoxy) is 1. The number of halogens is 1. The highest BCUT2D eigenvalue weighted by Crippen LogP contribution is 2.22. The van der Waals surface area contributed by atoms with Crippen LogP contribution in [0.1, 0.15) is 6.42 Å². The minimum atomic E-state index is -1.02. The van der Waals surface area contributed by atoms with Gasteiger partial charge in [-0.25, -0.2) is 9.59 Å². The van der Waals surface area contributed by atoms with E-state index in [1.165, 1.54) is 12.0 Å². The Labute approximate surface area is 124 Å². The van der Waals surface area contributed by atoms with Crippen LogP contribution >= 0.6 is 15.9 Å². The second-order valence-electron chi connectivity index (χ2n) is 4.54. The van der Waals surface area contributed by atoms with E-state index in [0.29, 0.717) is 12.1 Å². The number of hydrogen-bond acceptors (Lipinski definition) is 3. The van der Waals surface area contributed by atoms with Gasteiger partial charge in [0.25, 0.3) is 0 Å². The predicted molar refractivity (Wildman–Crippen MR) is 76.7 cm³/mol. The van der Waals surface area contributed by atoms with Gasteiger partial charge < -0.3 is 20.1 Å². The molecule has 1 heterocycles. The molecule has 1 aromatic carbocycles. The number of hydrogen-bond donors (Lipinski definition) is 2. The van der Waals surface area contributed by atoms with Crippen molar-refractivity contribution >= 4 is 33.6 Å². The lowest BCUT2D eigenvalue weighted by molar-refractivity contribution is -0.141. The highest BCUT2D eigenvalue weighted by atomic mass is 79.9. The van der Waals surface area contributed by atoms with Gasteiger partial charge in [0.05, 0.1) is 6.10 Å². The molecule has 20 heavy (non-hydrogen) atoms. The van der Waals surface area contributed by atoms with E-state index in [4.69, 9.17) is 9.84 Å². The maximum Gasteiger partial charge on any atom is 0.326 e. The van der Waals surface area contributed by atoms with Gasteiger partial charge in [-0.3, -0.25) is 0 Å². The molecule has 7 heteroatoms. The number of methoxy groups -OCH3 is 1. The Hall–Kier alpha value is -1.60. The SMILES string of the molecule is COC1CC(C(=O)O)N(C(=O)Nc2ccc(Br)cc2)C1. The van der Waals surface area contributed by atoms with Gasteiger partial charge in [-0.1, -0.05) is 15.9 Å². The van der Waals surface area contributed by atoms with E-state index in [1.807, 2.05) is 0 Å². The van der Waals surface area contributed by atoms with Gasteiger partial charge in [0.2, 0.25) is 0 Å². The van der Waals surface area contributed by atoms with Gasteiger partial charge in [-0.2, -0.15) is 0 Å². The van der Waals surface area contributed by atoms with Gasteiger partial charge in [0.15, 0.2) is 0 Å². The molecule has 1 aliphatic rings. The molecule has 108 valence electrons. The van der Waals surface area contributed by atoms with Gasteiger partial charge >= 0.3 is 12.0 Å². The van der Waals surface area contributed by atoms with Crippen LogP contribution in [0.25, 0.3) is 0 Å². The second-order valence-corrected chi connectivity index (χ2v) is 5.45. The van der Waals surface area contributed by atoms with E-state index >= 15 is 0 Å². The Morgan fingerprint density at radius 2 is 2.05 bits per heavy atom. The molecule has 2 N–H and O–H groups in total. The van der Waals surface area contributed by atoms with E-state index < -0.39 is 18.0 Å². The van der Waals surface area contributed by atoms with Crippen LogP contribution in [0.5, 0.6) is 0 Å². The maximum absolute atomic E-state index is 12.2. The number of nitrogens with zero attached hydrogens (tertiary/aromatic N) is 1. The molecule has 2 amide bonds. The molecule has 0 saturated carbocycles. The Morgan fingerprint density at radius 3 is 2.60 bits per heavy atom. The molecule has 0 aliphatic carbocycles. The quantitative estimate of drug-likeness (QED) is 0.882. The highest BCUT2D eigenvalue weighted by Gasteiger charge is 2.39. The zero-order valence-electron chi connectivity index (χ0n) is 10.9. The van der Waals surface area contributed by atoms with Gasteiger partial charge in [0, 0.05) is 30.2 Å². The van der Waals surface area contributed by atoms with Crippen molar-refractivity contribution in [2.75, 3.05) is 19.0 Å². The number of anilines is 1. The molecule has 1 aromatic rings. The van der Waals surface area contributed by atoms with Crippen LogP contribution < -0.4 is 5.32 Å². The fourth-order valence-corrected chi connectivity index (χ4v) is 2.42. The average Bonchev–Trinajstić information content (AvgIpc) is 2.86. The second kappa shape index (κ2) is 6.23. The summed E-state index contributed by atoms with van der Waals surface area (Å²) in [4.78, 5) is 24.6. The summed E-state index contributed by atoms with van der Waals surface area (Å²) in [5.41, 5.74) is 0.614. The van der Waals surface area contributed by atoms with Crippen molar-refractivity contribution in [3.05, 3.63) is 28.7 Å². The normalized spacial score (nSPS) is 21.8. The molecule has 6 nitrogen and oxygen atoms in total. The fraction of sp³-hybridized carbons (Fsp3) is 0.385. The smallest absolute Gasteiger partial charge is 0.326 e. The molecule has 1 fully saturated rings. The van der Waals surface area contributed by atoms with Crippen molar-refractivity contribution in [2.24, 2.45) is 0 Å². The Morgan fingerprint density at radius 1 is 1.40 bits per heavy atom. The van der Waals surface area contributed by atoms with Crippen molar-refractivity contribution < 1.29 is 19.4 Å². The lowest BCUT2D eigenvalue weighted by Crippen LogP contribution is -2.43. The van der Waals surface area contributed by atoms with Crippen molar-refractivity contribution in [3.63, 3.8) is 0 Å². The molecule has 0 spiro atoms. The zero-order valence-corrected chi connectivity index (χ0v) is 12.5. The lowest BCUT2D eigenvalue weighted by Gasteiger charge is -2.21. The number of benzene rings is 1. The van der Waals surface area contributed by atoms with Crippen LogP contribution in [-0.4, -0.2) is 47.8 Å². The average molecular weight is 343 g/mol. The molecule has 2 rings (SSSR count). The predicted octanol–water partition coefficient (Wildman–Crippen LogP) is 2.15. The van der Waals surface area contributed by atoms with Crippen molar-refractivity contribution in [3.8, 4) is 0 Å². The number of rotatable bonds is 3. The molecule has 2 atom stereocenters.